The molecule has 3 aromatic rings. The third kappa shape index (κ3) is 2.49. The number of alkyl halides is 3. The third-order valence-corrected chi connectivity index (χ3v) is 3.44. The molecule has 3 rings (SSSR count). The second-order valence-electron chi connectivity index (χ2n) is 5.07. The summed E-state index contributed by atoms with van der Waals surface area (Å²) in [5, 5.41) is 3.09. The number of nitrogens with zero attached hydrogens (tertiary/aromatic N) is 2. The topological polar surface area (TPSA) is 53.6 Å². The monoisotopic (exact) mass is 306 g/mol. The number of pyridine rings is 1. The molecule has 2 aromatic heterocycles. The van der Waals surface area contributed by atoms with E-state index in [1.54, 1.807) is 32.4 Å². The number of halogens is 3. The van der Waals surface area contributed by atoms with Crippen molar-refractivity contribution in [3.05, 3.63) is 47.4 Å². The summed E-state index contributed by atoms with van der Waals surface area (Å²) < 4.78 is 38.5. The summed E-state index contributed by atoms with van der Waals surface area (Å²) in [6.45, 7) is 3.27. The zero-order valence-electron chi connectivity index (χ0n) is 11.9. The van der Waals surface area contributed by atoms with Crippen LogP contribution in [0.3, 0.4) is 0 Å². The lowest BCUT2D eigenvalue weighted by atomic mass is 10.0. The first-order valence-corrected chi connectivity index (χ1v) is 6.60. The van der Waals surface area contributed by atoms with Gasteiger partial charge in [-0.15, -0.1) is 0 Å². The zero-order valence-corrected chi connectivity index (χ0v) is 11.9. The fourth-order valence-electron chi connectivity index (χ4n) is 2.40. The van der Waals surface area contributed by atoms with Gasteiger partial charge in [-0.1, -0.05) is 0 Å². The van der Waals surface area contributed by atoms with Crippen molar-refractivity contribution in [1.82, 2.24) is 15.0 Å². The standard InChI is InChI=1S/C15H13F3N4/c1-8-5-10(15(16,17)18)6-9(2)12(8)22-14-13-11(3-4-19-14)20-7-21-13/h3-7H,1-2H3,(H,19,22)(H,20,21). The van der Waals surface area contributed by atoms with Crippen LogP contribution in [0, 0.1) is 13.8 Å². The van der Waals surface area contributed by atoms with Crippen LogP contribution in [0.25, 0.3) is 11.0 Å². The van der Waals surface area contributed by atoms with E-state index in [1.165, 1.54) is 0 Å². The van der Waals surface area contributed by atoms with Crippen molar-refractivity contribution in [2.45, 2.75) is 20.0 Å². The molecule has 2 N–H and O–H groups in total. The van der Waals surface area contributed by atoms with Crippen LogP contribution in [-0.2, 0) is 6.18 Å². The summed E-state index contributed by atoms with van der Waals surface area (Å²) in [4.78, 5) is 11.3. The van der Waals surface area contributed by atoms with Crippen molar-refractivity contribution in [1.29, 1.82) is 0 Å². The second-order valence-corrected chi connectivity index (χ2v) is 5.07. The lowest BCUT2D eigenvalue weighted by Gasteiger charge is -2.15. The first-order valence-electron chi connectivity index (χ1n) is 6.60. The molecule has 0 radical (unpaired) electrons. The van der Waals surface area contributed by atoms with Gasteiger partial charge in [0.1, 0.15) is 5.52 Å². The number of aromatic amines is 1. The summed E-state index contributed by atoms with van der Waals surface area (Å²) in [6, 6.07) is 4.03. The average molecular weight is 306 g/mol. The smallest absolute Gasteiger partial charge is 0.344 e. The molecule has 0 bridgehead atoms. The quantitative estimate of drug-likeness (QED) is 0.740. The number of nitrogens with one attached hydrogen (secondary N) is 2. The fourth-order valence-corrected chi connectivity index (χ4v) is 2.40. The molecule has 0 unspecified atom stereocenters. The van der Waals surface area contributed by atoms with Crippen molar-refractivity contribution in [3.8, 4) is 0 Å². The number of hydrogen-bond acceptors (Lipinski definition) is 3. The van der Waals surface area contributed by atoms with Crippen molar-refractivity contribution in [2.75, 3.05) is 5.32 Å². The first kappa shape index (κ1) is 14.4. The molecular formula is C15H13F3N4. The SMILES string of the molecule is Cc1cc(C(F)(F)F)cc(C)c1Nc1nccc2[nH]cnc12. The van der Waals surface area contributed by atoms with Crippen molar-refractivity contribution >= 4 is 22.5 Å². The first-order chi connectivity index (χ1) is 10.4. The Morgan fingerprint density at radius 1 is 1.09 bits per heavy atom. The average Bonchev–Trinajstić information content (AvgIpc) is 2.90. The Bertz CT molecular complexity index is 813. The molecule has 114 valence electrons. The van der Waals surface area contributed by atoms with E-state index in [9.17, 15) is 13.2 Å². The van der Waals surface area contributed by atoms with Gasteiger partial charge in [-0.05, 0) is 43.2 Å². The normalized spacial score (nSPS) is 11.9. The van der Waals surface area contributed by atoms with E-state index < -0.39 is 11.7 Å². The Hall–Kier alpha value is -2.57. The van der Waals surface area contributed by atoms with Crippen molar-refractivity contribution < 1.29 is 13.2 Å². The van der Waals surface area contributed by atoms with Gasteiger partial charge in [0, 0.05) is 11.9 Å². The number of fused-ring (bicyclic) bond motifs is 1. The Morgan fingerprint density at radius 3 is 2.41 bits per heavy atom. The highest BCUT2D eigenvalue weighted by Crippen LogP contribution is 2.35. The molecule has 0 saturated heterocycles. The minimum Gasteiger partial charge on any atom is -0.344 e. The van der Waals surface area contributed by atoms with Crippen LogP contribution in [0.15, 0.2) is 30.7 Å². The Morgan fingerprint density at radius 2 is 1.77 bits per heavy atom. The molecule has 0 aliphatic rings. The molecule has 0 amide bonds. The van der Waals surface area contributed by atoms with Gasteiger partial charge in [0.05, 0.1) is 17.4 Å². The number of H-pyrrole nitrogens is 1. The number of benzene rings is 1. The molecule has 4 nitrogen and oxygen atoms in total. The second kappa shape index (κ2) is 5.01. The zero-order chi connectivity index (χ0) is 15.9. The lowest BCUT2D eigenvalue weighted by molar-refractivity contribution is -0.137. The summed E-state index contributed by atoms with van der Waals surface area (Å²) in [6.07, 6.45) is -1.20. The van der Waals surface area contributed by atoms with Gasteiger partial charge < -0.3 is 10.3 Å². The summed E-state index contributed by atoms with van der Waals surface area (Å²) in [7, 11) is 0. The number of hydrogen-bond donors (Lipinski definition) is 2. The largest absolute Gasteiger partial charge is 0.416 e. The van der Waals surface area contributed by atoms with Crippen LogP contribution >= 0.6 is 0 Å². The maximum atomic E-state index is 12.8. The van der Waals surface area contributed by atoms with E-state index in [-0.39, 0.29) is 0 Å². The van der Waals surface area contributed by atoms with Gasteiger partial charge in [-0.25, -0.2) is 9.97 Å². The van der Waals surface area contributed by atoms with E-state index in [0.717, 1.165) is 17.6 Å². The Labute approximate surface area is 124 Å². The third-order valence-electron chi connectivity index (χ3n) is 3.44. The van der Waals surface area contributed by atoms with E-state index >= 15 is 0 Å². The molecule has 0 fully saturated rings. The van der Waals surface area contributed by atoms with Crippen LogP contribution in [0.4, 0.5) is 24.7 Å². The van der Waals surface area contributed by atoms with Crippen molar-refractivity contribution in [3.63, 3.8) is 0 Å². The van der Waals surface area contributed by atoms with Crippen LogP contribution in [0.5, 0.6) is 0 Å². The van der Waals surface area contributed by atoms with Gasteiger partial charge in [-0.3, -0.25) is 0 Å². The van der Waals surface area contributed by atoms with Crippen LogP contribution in [-0.4, -0.2) is 15.0 Å². The summed E-state index contributed by atoms with van der Waals surface area (Å²) in [5.41, 5.74) is 2.40. The summed E-state index contributed by atoms with van der Waals surface area (Å²) >= 11 is 0. The highest BCUT2D eigenvalue weighted by atomic mass is 19.4. The van der Waals surface area contributed by atoms with Gasteiger partial charge >= 0.3 is 6.18 Å². The predicted octanol–water partition coefficient (Wildman–Crippen LogP) is 4.34. The Kier molecular flexibility index (Phi) is 3.27. The van der Waals surface area contributed by atoms with Crippen molar-refractivity contribution in [2.24, 2.45) is 0 Å². The molecule has 0 atom stereocenters. The maximum Gasteiger partial charge on any atom is 0.416 e. The predicted molar refractivity (Wildman–Crippen MR) is 78.1 cm³/mol. The molecule has 22 heavy (non-hydrogen) atoms. The highest BCUT2D eigenvalue weighted by Gasteiger charge is 2.31. The summed E-state index contributed by atoms with van der Waals surface area (Å²) in [5.74, 6) is 0.504. The Balaban J connectivity index is 2.04. The van der Waals surface area contributed by atoms with Crippen LogP contribution < -0.4 is 5.32 Å². The van der Waals surface area contributed by atoms with Gasteiger partial charge in [0.15, 0.2) is 5.82 Å². The molecule has 0 saturated carbocycles. The number of anilines is 2. The van der Waals surface area contributed by atoms with Gasteiger partial charge in [-0.2, -0.15) is 13.2 Å². The maximum absolute atomic E-state index is 12.8. The van der Waals surface area contributed by atoms with E-state index in [0.29, 0.717) is 28.1 Å². The molecule has 0 aliphatic carbocycles. The molecule has 1 aromatic carbocycles. The van der Waals surface area contributed by atoms with Gasteiger partial charge in [0.2, 0.25) is 0 Å². The fraction of sp³-hybridized carbons (Fsp3) is 0.200. The number of rotatable bonds is 2. The van der Waals surface area contributed by atoms with Crippen LogP contribution in [0.2, 0.25) is 0 Å². The highest BCUT2D eigenvalue weighted by molar-refractivity contribution is 5.88. The molecule has 0 aliphatic heterocycles. The molecule has 7 heteroatoms. The lowest BCUT2D eigenvalue weighted by Crippen LogP contribution is -2.07. The van der Waals surface area contributed by atoms with E-state index in [2.05, 4.69) is 20.3 Å². The minimum absolute atomic E-state index is 0.502. The van der Waals surface area contributed by atoms with Crippen LogP contribution in [0.1, 0.15) is 16.7 Å². The minimum atomic E-state index is -4.35. The molecule has 2 heterocycles. The molecule has 0 spiro atoms. The van der Waals surface area contributed by atoms with E-state index in [1.807, 2.05) is 0 Å². The van der Waals surface area contributed by atoms with Gasteiger partial charge in [0.25, 0.3) is 0 Å². The number of imidazole rings is 1. The molecular weight excluding hydrogens is 293 g/mol. The van der Waals surface area contributed by atoms with E-state index in [4.69, 9.17) is 0 Å². The number of aryl methyl sites for hydroxylation is 2. The number of aromatic nitrogens is 3.